The summed E-state index contributed by atoms with van der Waals surface area (Å²) in [5.41, 5.74) is 0. The van der Waals surface area contributed by atoms with Crippen LogP contribution in [-0.2, 0) is 9.53 Å². The summed E-state index contributed by atoms with van der Waals surface area (Å²) in [7, 11) is 0. The highest BCUT2D eigenvalue weighted by molar-refractivity contribution is 5.75. The third kappa shape index (κ3) is 6.94. The molecule has 0 heterocycles. The fourth-order valence-electron chi connectivity index (χ4n) is 2.65. The van der Waals surface area contributed by atoms with Crippen molar-refractivity contribution in [1.82, 2.24) is 5.32 Å². The van der Waals surface area contributed by atoms with Gasteiger partial charge in [-0.1, -0.05) is 37.5 Å². The molecule has 0 saturated heterocycles. The van der Waals surface area contributed by atoms with E-state index in [1.807, 2.05) is 30.3 Å². The summed E-state index contributed by atoms with van der Waals surface area (Å²) in [4.78, 5) is 11.7. The molecule has 0 aliphatic heterocycles. The molecule has 1 aliphatic carbocycles. The van der Waals surface area contributed by atoms with Gasteiger partial charge in [0.05, 0.1) is 19.1 Å². The summed E-state index contributed by atoms with van der Waals surface area (Å²) in [5, 5.41) is 2.91. The van der Waals surface area contributed by atoms with Crippen molar-refractivity contribution in [1.29, 1.82) is 0 Å². The normalized spacial score (nSPS) is 15.5. The molecule has 122 valence electrons. The molecule has 1 amide bonds. The van der Waals surface area contributed by atoms with Crippen LogP contribution in [0.4, 0.5) is 0 Å². The first kappa shape index (κ1) is 16.8. The Hall–Kier alpha value is -1.55. The summed E-state index contributed by atoms with van der Waals surface area (Å²) in [6.45, 7) is 1.83. The first-order valence-corrected chi connectivity index (χ1v) is 8.41. The van der Waals surface area contributed by atoms with Crippen LogP contribution in [-0.4, -0.2) is 31.8 Å². The Kier molecular flexibility index (Phi) is 7.81. The number of hydrogen-bond acceptors (Lipinski definition) is 3. The SMILES string of the molecule is O=C(CCOc1ccccc1)NCCCOC1CCCCC1. The Morgan fingerprint density at radius 1 is 1.09 bits per heavy atom. The molecule has 0 unspecified atom stereocenters. The van der Waals surface area contributed by atoms with Crippen molar-refractivity contribution >= 4 is 5.91 Å². The zero-order valence-electron chi connectivity index (χ0n) is 13.3. The lowest BCUT2D eigenvalue weighted by atomic mass is 9.98. The molecule has 1 N–H and O–H groups in total. The van der Waals surface area contributed by atoms with Crippen molar-refractivity contribution in [2.24, 2.45) is 0 Å². The fraction of sp³-hybridized carbons (Fsp3) is 0.611. The zero-order chi connectivity index (χ0) is 15.5. The summed E-state index contributed by atoms with van der Waals surface area (Å²) >= 11 is 0. The zero-order valence-corrected chi connectivity index (χ0v) is 13.3. The average Bonchev–Trinajstić information content (AvgIpc) is 2.56. The van der Waals surface area contributed by atoms with Gasteiger partial charge in [0.25, 0.3) is 0 Å². The minimum absolute atomic E-state index is 0.0357. The summed E-state index contributed by atoms with van der Waals surface area (Å²) in [6.07, 6.45) is 8.04. The lowest BCUT2D eigenvalue weighted by Gasteiger charge is -2.21. The van der Waals surface area contributed by atoms with Gasteiger partial charge in [0.2, 0.25) is 5.91 Å². The number of nitrogens with one attached hydrogen (secondary N) is 1. The molecular formula is C18H27NO3. The van der Waals surface area contributed by atoms with E-state index < -0.39 is 0 Å². The highest BCUT2D eigenvalue weighted by Crippen LogP contribution is 2.20. The molecule has 0 aromatic heterocycles. The predicted molar refractivity (Wildman–Crippen MR) is 87.0 cm³/mol. The molecule has 1 aromatic carbocycles. The van der Waals surface area contributed by atoms with Gasteiger partial charge in [-0.05, 0) is 31.4 Å². The molecule has 0 atom stereocenters. The Morgan fingerprint density at radius 2 is 1.86 bits per heavy atom. The summed E-state index contributed by atoms with van der Waals surface area (Å²) in [6, 6.07) is 9.55. The van der Waals surface area contributed by atoms with Crippen molar-refractivity contribution in [3.63, 3.8) is 0 Å². The van der Waals surface area contributed by atoms with Crippen LogP contribution in [0.15, 0.2) is 30.3 Å². The summed E-state index contributed by atoms with van der Waals surface area (Å²) < 4.78 is 11.3. The van der Waals surface area contributed by atoms with Crippen LogP contribution < -0.4 is 10.1 Å². The molecule has 0 bridgehead atoms. The maximum Gasteiger partial charge on any atom is 0.223 e. The number of ether oxygens (including phenoxy) is 2. The van der Waals surface area contributed by atoms with Gasteiger partial charge in [-0.2, -0.15) is 0 Å². The molecule has 2 rings (SSSR count). The molecular weight excluding hydrogens is 278 g/mol. The van der Waals surface area contributed by atoms with Crippen LogP contribution in [0.2, 0.25) is 0 Å². The number of benzene rings is 1. The maximum atomic E-state index is 11.7. The second kappa shape index (κ2) is 10.2. The van der Waals surface area contributed by atoms with Crippen LogP contribution >= 0.6 is 0 Å². The van der Waals surface area contributed by atoms with Crippen LogP contribution in [0.3, 0.4) is 0 Å². The number of carbonyl (C=O) groups is 1. The number of rotatable bonds is 9. The van der Waals surface area contributed by atoms with Crippen molar-refractivity contribution in [2.75, 3.05) is 19.8 Å². The van der Waals surface area contributed by atoms with Gasteiger partial charge < -0.3 is 14.8 Å². The number of amides is 1. The molecule has 0 radical (unpaired) electrons. The van der Waals surface area contributed by atoms with Gasteiger partial charge >= 0.3 is 0 Å². The third-order valence-electron chi connectivity index (χ3n) is 3.89. The first-order valence-electron chi connectivity index (χ1n) is 8.41. The van der Waals surface area contributed by atoms with Crippen molar-refractivity contribution in [3.05, 3.63) is 30.3 Å². The molecule has 4 heteroatoms. The molecule has 22 heavy (non-hydrogen) atoms. The fourth-order valence-corrected chi connectivity index (χ4v) is 2.65. The van der Waals surface area contributed by atoms with E-state index in [-0.39, 0.29) is 5.91 Å². The summed E-state index contributed by atoms with van der Waals surface area (Å²) in [5.74, 6) is 0.838. The van der Waals surface area contributed by atoms with Crippen molar-refractivity contribution in [3.8, 4) is 5.75 Å². The van der Waals surface area contributed by atoms with E-state index in [0.29, 0.717) is 25.7 Å². The van der Waals surface area contributed by atoms with Crippen LogP contribution in [0, 0.1) is 0 Å². The van der Waals surface area contributed by atoms with Gasteiger partial charge in [-0.15, -0.1) is 0 Å². The third-order valence-corrected chi connectivity index (χ3v) is 3.89. The predicted octanol–water partition coefficient (Wildman–Crippen LogP) is 3.31. The molecule has 4 nitrogen and oxygen atoms in total. The Balaban J connectivity index is 1.44. The topological polar surface area (TPSA) is 47.6 Å². The van der Waals surface area contributed by atoms with E-state index in [2.05, 4.69) is 5.32 Å². The highest BCUT2D eigenvalue weighted by atomic mass is 16.5. The number of hydrogen-bond donors (Lipinski definition) is 1. The highest BCUT2D eigenvalue weighted by Gasteiger charge is 2.13. The van der Waals surface area contributed by atoms with E-state index in [9.17, 15) is 4.79 Å². The maximum absolute atomic E-state index is 11.7. The largest absolute Gasteiger partial charge is 0.493 e. The molecule has 1 fully saturated rings. The first-order chi connectivity index (χ1) is 10.8. The Morgan fingerprint density at radius 3 is 2.64 bits per heavy atom. The van der Waals surface area contributed by atoms with Gasteiger partial charge in [0.15, 0.2) is 0 Å². The van der Waals surface area contributed by atoms with E-state index >= 15 is 0 Å². The smallest absolute Gasteiger partial charge is 0.223 e. The van der Waals surface area contributed by atoms with Gasteiger partial charge in [0, 0.05) is 13.2 Å². The Labute approximate surface area is 133 Å². The second-order valence-corrected chi connectivity index (χ2v) is 5.75. The van der Waals surface area contributed by atoms with Gasteiger partial charge in [-0.3, -0.25) is 4.79 Å². The number of para-hydroxylation sites is 1. The standard InChI is InChI=1S/C18H27NO3/c20-18(12-15-22-17-10-5-2-6-11-17)19-13-7-14-21-16-8-3-1-4-9-16/h2,5-6,10-11,16H,1,3-4,7-9,12-15H2,(H,19,20). The van der Waals surface area contributed by atoms with Crippen molar-refractivity contribution in [2.45, 2.75) is 51.0 Å². The van der Waals surface area contributed by atoms with Crippen LogP contribution in [0.25, 0.3) is 0 Å². The second-order valence-electron chi connectivity index (χ2n) is 5.75. The van der Waals surface area contributed by atoms with E-state index in [4.69, 9.17) is 9.47 Å². The van der Waals surface area contributed by atoms with E-state index in [1.54, 1.807) is 0 Å². The lowest BCUT2D eigenvalue weighted by Crippen LogP contribution is -2.27. The minimum Gasteiger partial charge on any atom is -0.493 e. The van der Waals surface area contributed by atoms with Gasteiger partial charge in [0.1, 0.15) is 5.75 Å². The quantitative estimate of drug-likeness (QED) is 0.712. The minimum atomic E-state index is 0.0357. The monoisotopic (exact) mass is 305 g/mol. The molecule has 1 aromatic rings. The molecule has 1 aliphatic rings. The van der Waals surface area contributed by atoms with Crippen molar-refractivity contribution < 1.29 is 14.3 Å². The Bertz CT molecular complexity index is 416. The average molecular weight is 305 g/mol. The van der Waals surface area contributed by atoms with Crippen LogP contribution in [0.1, 0.15) is 44.9 Å². The number of carbonyl (C=O) groups excluding carboxylic acids is 1. The lowest BCUT2D eigenvalue weighted by molar-refractivity contribution is -0.121. The van der Waals surface area contributed by atoms with Crippen LogP contribution in [0.5, 0.6) is 5.75 Å². The molecule has 1 saturated carbocycles. The van der Waals surface area contributed by atoms with E-state index in [0.717, 1.165) is 18.8 Å². The van der Waals surface area contributed by atoms with Gasteiger partial charge in [-0.25, -0.2) is 0 Å². The van der Waals surface area contributed by atoms with E-state index in [1.165, 1.54) is 32.1 Å². The molecule has 0 spiro atoms.